The normalized spacial score (nSPS) is 15.5. The topological polar surface area (TPSA) is 89.4 Å². The first kappa shape index (κ1) is 20.6. The number of carbonyl (C=O) groups excluding carboxylic acids is 2. The van der Waals surface area contributed by atoms with Gasteiger partial charge >= 0.3 is 0 Å². The number of methoxy groups -OCH3 is 1. The van der Waals surface area contributed by atoms with E-state index in [4.69, 9.17) is 4.74 Å². The summed E-state index contributed by atoms with van der Waals surface area (Å²) < 4.78 is 7.22. The van der Waals surface area contributed by atoms with Gasteiger partial charge in [0.2, 0.25) is 0 Å². The number of hydrogen-bond acceptors (Lipinski definition) is 5. The van der Waals surface area contributed by atoms with Crippen LogP contribution in [0.5, 0.6) is 5.75 Å². The SMILES string of the molecule is COc1cccc(NC(=O)C2c3c(ncn3C(C)C)CCN2C(=O)c2cccnc2)c1. The smallest absolute Gasteiger partial charge is 0.256 e. The van der Waals surface area contributed by atoms with Crippen molar-refractivity contribution in [3.05, 3.63) is 72.1 Å². The van der Waals surface area contributed by atoms with Gasteiger partial charge in [0.05, 0.1) is 30.4 Å². The molecule has 1 aliphatic heterocycles. The van der Waals surface area contributed by atoms with Gasteiger partial charge in [0, 0.05) is 43.2 Å². The Bertz CT molecular complexity index is 1090. The third-order valence-corrected chi connectivity index (χ3v) is 5.38. The summed E-state index contributed by atoms with van der Waals surface area (Å²) in [5, 5.41) is 2.95. The van der Waals surface area contributed by atoms with E-state index in [0.717, 1.165) is 11.4 Å². The van der Waals surface area contributed by atoms with Gasteiger partial charge in [0.1, 0.15) is 5.75 Å². The second-order valence-corrected chi connectivity index (χ2v) is 7.69. The summed E-state index contributed by atoms with van der Waals surface area (Å²) in [6.07, 6.45) is 5.48. The molecule has 8 nitrogen and oxygen atoms in total. The molecule has 0 aliphatic carbocycles. The van der Waals surface area contributed by atoms with Crippen molar-refractivity contribution in [2.75, 3.05) is 19.0 Å². The molecule has 1 unspecified atom stereocenters. The minimum atomic E-state index is -0.812. The Morgan fingerprint density at radius 3 is 2.77 bits per heavy atom. The van der Waals surface area contributed by atoms with E-state index in [2.05, 4.69) is 15.3 Å². The fourth-order valence-corrected chi connectivity index (χ4v) is 3.87. The van der Waals surface area contributed by atoms with Crippen molar-refractivity contribution >= 4 is 17.5 Å². The maximum Gasteiger partial charge on any atom is 0.256 e. The van der Waals surface area contributed by atoms with E-state index in [-0.39, 0.29) is 17.9 Å². The Morgan fingerprint density at radius 2 is 2.06 bits per heavy atom. The van der Waals surface area contributed by atoms with E-state index in [1.165, 1.54) is 6.20 Å². The van der Waals surface area contributed by atoms with Crippen LogP contribution < -0.4 is 10.1 Å². The number of carbonyl (C=O) groups is 2. The molecule has 160 valence electrons. The number of amides is 2. The number of nitrogens with zero attached hydrogens (tertiary/aromatic N) is 4. The lowest BCUT2D eigenvalue weighted by molar-refractivity contribution is -0.121. The van der Waals surface area contributed by atoms with Crippen LogP contribution in [-0.4, -0.2) is 44.9 Å². The Balaban J connectivity index is 1.74. The van der Waals surface area contributed by atoms with Crippen LogP contribution in [0, 0.1) is 0 Å². The van der Waals surface area contributed by atoms with E-state index < -0.39 is 6.04 Å². The molecule has 0 saturated heterocycles. The largest absolute Gasteiger partial charge is 0.497 e. The number of anilines is 1. The van der Waals surface area contributed by atoms with Crippen LogP contribution in [0.4, 0.5) is 5.69 Å². The first-order valence-corrected chi connectivity index (χ1v) is 10.2. The monoisotopic (exact) mass is 419 g/mol. The molecule has 1 N–H and O–H groups in total. The number of aromatic nitrogens is 3. The first-order valence-electron chi connectivity index (χ1n) is 10.2. The minimum Gasteiger partial charge on any atom is -0.497 e. The molecule has 0 radical (unpaired) electrons. The highest BCUT2D eigenvalue weighted by Gasteiger charge is 2.40. The van der Waals surface area contributed by atoms with Crippen molar-refractivity contribution in [1.82, 2.24) is 19.4 Å². The molecule has 0 saturated carbocycles. The number of fused-ring (bicyclic) bond motifs is 1. The lowest BCUT2D eigenvalue weighted by Crippen LogP contribution is -2.46. The van der Waals surface area contributed by atoms with Gasteiger partial charge in [0.25, 0.3) is 11.8 Å². The summed E-state index contributed by atoms with van der Waals surface area (Å²) in [4.78, 5) is 37.1. The minimum absolute atomic E-state index is 0.0943. The summed E-state index contributed by atoms with van der Waals surface area (Å²) in [7, 11) is 1.57. The predicted molar refractivity (Wildman–Crippen MR) is 116 cm³/mol. The van der Waals surface area contributed by atoms with E-state index in [9.17, 15) is 9.59 Å². The van der Waals surface area contributed by atoms with Crippen LogP contribution in [0.2, 0.25) is 0 Å². The molecule has 31 heavy (non-hydrogen) atoms. The molecule has 2 aromatic heterocycles. The average Bonchev–Trinajstić information content (AvgIpc) is 3.23. The number of rotatable bonds is 5. The fraction of sp³-hybridized carbons (Fsp3) is 0.304. The zero-order valence-electron chi connectivity index (χ0n) is 17.8. The Hall–Kier alpha value is -3.68. The van der Waals surface area contributed by atoms with Gasteiger partial charge in [-0.2, -0.15) is 0 Å². The van der Waals surface area contributed by atoms with Crippen molar-refractivity contribution < 1.29 is 14.3 Å². The van der Waals surface area contributed by atoms with E-state index in [1.807, 2.05) is 18.4 Å². The molecule has 0 spiro atoms. The van der Waals surface area contributed by atoms with Crippen LogP contribution in [0.25, 0.3) is 0 Å². The van der Waals surface area contributed by atoms with E-state index >= 15 is 0 Å². The maximum atomic E-state index is 13.5. The van der Waals surface area contributed by atoms with Gasteiger partial charge in [-0.25, -0.2) is 4.98 Å². The lowest BCUT2D eigenvalue weighted by Gasteiger charge is -2.36. The lowest BCUT2D eigenvalue weighted by atomic mass is 9.99. The highest BCUT2D eigenvalue weighted by atomic mass is 16.5. The Kier molecular flexibility index (Phi) is 5.70. The highest BCUT2D eigenvalue weighted by Crippen LogP contribution is 2.33. The van der Waals surface area contributed by atoms with Crippen LogP contribution in [0.15, 0.2) is 55.1 Å². The second kappa shape index (κ2) is 8.59. The average molecular weight is 419 g/mol. The van der Waals surface area contributed by atoms with Crippen LogP contribution in [0.1, 0.15) is 47.7 Å². The Morgan fingerprint density at radius 1 is 1.23 bits per heavy atom. The third-order valence-electron chi connectivity index (χ3n) is 5.38. The molecule has 2 amide bonds. The zero-order chi connectivity index (χ0) is 22.0. The summed E-state index contributed by atoms with van der Waals surface area (Å²) >= 11 is 0. The number of imidazole rings is 1. The molecule has 3 heterocycles. The van der Waals surface area contributed by atoms with E-state index in [1.54, 1.807) is 60.9 Å². The summed E-state index contributed by atoms with van der Waals surface area (Å²) in [6, 6.07) is 9.85. The number of ether oxygens (including phenoxy) is 1. The molecule has 0 fully saturated rings. The molecule has 3 aromatic rings. The molecule has 8 heteroatoms. The quantitative estimate of drug-likeness (QED) is 0.686. The van der Waals surface area contributed by atoms with Crippen LogP contribution in [0.3, 0.4) is 0 Å². The van der Waals surface area contributed by atoms with Crippen molar-refractivity contribution in [3.63, 3.8) is 0 Å². The Labute approximate surface area is 180 Å². The second-order valence-electron chi connectivity index (χ2n) is 7.69. The molecular formula is C23H25N5O3. The first-order chi connectivity index (χ1) is 15.0. The summed E-state index contributed by atoms with van der Waals surface area (Å²) in [5.41, 5.74) is 2.63. The number of pyridine rings is 1. The third kappa shape index (κ3) is 4.01. The molecule has 4 rings (SSSR count). The van der Waals surface area contributed by atoms with Crippen molar-refractivity contribution in [2.45, 2.75) is 32.4 Å². The summed E-state index contributed by atoms with van der Waals surface area (Å²) in [6.45, 7) is 4.45. The molecule has 0 bridgehead atoms. The van der Waals surface area contributed by atoms with Crippen molar-refractivity contribution in [2.24, 2.45) is 0 Å². The van der Waals surface area contributed by atoms with Gasteiger partial charge in [-0.05, 0) is 38.1 Å². The molecule has 1 aromatic carbocycles. The number of nitrogens with one attached hydrogen (secondary N) is 1. The van der Waals surface area contributed by atoms with Crippen LogP contribution >= 0.6 is 0 Å². The highest BCUT2D eigenvalue weighted by molar-refractivity contribution is 6.01. The predicted octanol–water partition coefficient (Wildman–Crippen LogP) is 3.25. The molecular weight excluding hydrogens is 394 g/mol. The van der Waals surface area contributed by atoms with Gasteiger partial charge < -0.3 is 19.5 Å². The maximum absolute atomic E-state index is 13.5. The molecule has 1 atom stereocenters. The van der Waals surface area contributed by atoms with Crippen LogP contribution in [-0.2, 0) is 11.2 Å². The van der Waals surface area contributed by atoms with Gasteiger partial charge in [-0.1, -0.05) is 6.07 Å². The van der Waals surface area contributed by atoms with E-state index in [0.29, 0.717) is 30.0 Å². The summed E-state index contributed by atoms with van der Waals surface area (Å²) in [5.74, 6) is 0.104. The zero-order valence-corrected chi connectivity index (χ0v) is 17.8. The van der Waals surface area contributed by atoms with Crippen molar-refractivity contribution in [1.29, 1.82) is 0 Å². The molecule has 1 aliphatic rings. The van der Waals surface area contributed by atoms with Crippen molar-refractivity contribution in [3.8, 4) is 5.75 Å². The number of hydrogen-bond donors (Lipinski definition) is 1. The van der Waals surface area contributed by atoms with Gasteiger partial charge in [-0.15, -0.1) is 0 Å². The standard InChI is InChI=1S/C23H25N5O3/c1-15(2)28-14-25-19-9-11-27(23(30)16-6-5-10-24-13-16)21(20(19)28)22(29)26-17-7-4-8-18(12-17)31-3/h4-8,10,12-15,21H,9,11H2,1-3H3,(H,26,29). The fourth-order valence-electron chi connectivity index (χ4n) is 3.87. The van der Waals surface area contributed by atoms with Gasteiger partial charge in [-0.3, -0.25) is 14.6 Å². The van der Waals surface area contributed by atoms with Gasteiger partial charge in [0.15, 0.2) is 6.04 Å². The number of benzene rings is 1.